The van der Waals surface area contributed by atoms with Gasteiger partial charge in [-0.15, -0.1) is 0 Å². The molecule has 0 aromatic heterocycles. The van der Waals surface area contributed by atoms with Gasteiger partial charge in [-0.25, -0.2) is 0 Å². The molecular weight excluding hydrogens is 340 g/mol. The Morgan fingerprint density at radius 1 is 1.00 bits per heavy atom. The van der Waals surface area contributed by atoms with Crippen LogP contribution in [0.1, 0.15) is 35.5 Å². The third kappa shape index (κ3) is 5.81. The molecule has 0 saturated carbocycles. The maximum absolute atomic E-state index is 11.5. The van der Waals surface area contributed by atoms with Crippen molar-refractivity contribution in [3.05, 3.63) is 0 Å². The SMILES string of the molecule is [2H]CC(=S)C[C@H]1OC(OC)[C@H](OC(C)=O)[C@@H](OC(C)=O)[C@H]1OC(C)=O. The molecule has 8 nitrogen and oxygen atoms in total. The van der Waals surface area contributed by atoms with Crippen molar-refractivity contribution in [2.75, 3.05) is 7.11 Å². The maximum atomic E-state index is 11.5. The first kappa shape index (κ1) is 18.8. The van der Waals surface area contributed by atoms with Gasteiger partial charge >= 0.3 is 17.9 Å². The fourth-order valence-electron chi connectivity index (χ4n) is 2.43. The van der Waals surface area contributed by atoms with Gasteiger partial charge in [-0.05, 0) is 11.8 Å². The van der Waals surface area contributed by atoms with Crippen LogP contribution in [0.15, 0.2) is 0 Å². The van der Waals surface area contributed by atoms with Crippen molar-refractivity contribution in [3.8, 4) is 0 Å². The number of thiocarbonyl (C=S) groups is 1. The van der Waals surface area contributed by atoms with Crippen molar-refractivity contribution < 1.29 is 39.4 Å². The molecule has 0 N–H and O–H groups in total. The molecule has 1 rings (SSSR count). The minimum atomic E-state index is -1.14. The van der Waals surface area contributed by atoms with E-state index in [9.17, 15) is 14.4 Å². The van der Waals surface area contributed by atoms with Crippen LogP contribution in [0.2, 0.25) is 0 Å². The Bertz CT molecular complexity index is 526. The molecule has 0 spiro atoms. The van der Waals surface area contributed by atoms with E-state index in [1.54, 1.807) is 0 Å². The number of methoxy groups -OCH3 is 1. The fourth-order valence-corrected chi connectivity index (χ4v) is 2.60. The normalized spacial score (nSPS) is 30.0. The number of carbonyl (C=O) groups excluding carboxylic acids is 3. The van der Waals surface area contributed by atoms with Crippen molar-refractivity contribution in [3.63, 3.8) is 0 Å². The van der Waals surface area contributed by atoms with Crippen molar-refractivity contribution >= 4 is 35.0 Å². The van der Waals surface area contributed by atoms with E-state index in [-0.39, 0.29) is 13.3 Å². The summed E-state index contributed by atoms with van der Waals surface area (Å²) in [6.45, 7) is 3.43. The second kappa shape index (κ2) is 9.05. The van der Waals surface area contributed by atoms with E-state index >= 15 is 0 Å². The Morgan fingerprint density at radius 2 is 1.50 bits per heavy atom. The quantitative estimate of drug-likeness (QED) is 0.388. The zero-order chi connectivity index (χ0) is 19.1. The van der Waals surface area contributed by atoms with Gasteiger partial charge in [0.25, 0.3) is 0 Å². The highest BCUT2D eigenvalue weighted by Crippen LogP contribution is 2.30. The second-order valence-corrected chi connectivity index (χ2v) is 5.82. The second-order valence-electron chi connectivity index (χ2n) is 5.24. The van der Waals surface area contributed by atoms with E-state index in [1.807, 2.05) is 0 Å². The molecule has 1 saturated heterocycles. The minimum absolute atomic E-state index is 0.112. The molecule has 24 heavy (non-hydrogen) atoms. The van der Waals surface area contributed by atoms with E-state index in [2.05, 4.69) is 0 Å². The van der Waals surface area contributed by atoms with Gasteiger partial charge in [0, 0.05) is 35.7 Å². The summed E-state index contributed by atoms with van der Waals surface area (Å²) in [4.78, 5) is 34.8. The maximum Gasteiger partial charge on any atom is 0.303 e. The van der Waals surface area contributed by atoms with E-state index in [0.29, 0.717) is 4.86 Å². The smallest absolute Gasteiger partial charge is 0.303 e. The van der Waals surface area contributed by atoms with Gasteiger partial charge in [0.05, 0.1) is 0 Å². The molecule has 9 heteroatoms. The lowest BCUT2D eigenvalue weighted by Crippen LogP contribution is -2.61. The summed E-state index contributed by atoms with van der Waals surface area (Å²) < 4.78 is 33.9. The molecule has 0 aromatic rings. The molecule has 0 aromatic carbocycles. The number of hydrogen-bond donors (Lipinski definition) is 0. The van der Waals surface area contributed by atoms with Crippen LogP contribution in [0.25, 0.3) is 0 Å². The summed E-state index contributed by atoms with van der Waals surface area (Å²) in [5.74, 6) is -1.93. The van der Waals surface area contributed by atoms with Gasteiger partial charge in [0.1, 0.15) is 6.10 Å². The van der Waals surface area contributed by atoms with Gasteiger partial charge < -0.3 is 23.7 Å². The van der Waals surface area contributed by atoms with Crippen molar-refractivity contribution in [2.45, 2.75) is 64.8 Å². The van der Waals surface area contributed by atoms with Gasteiger partial charge in [-0.3, -0.25) is 14.4 Å². The van der Waals surface area contributed by atoms with Crippen LogP contribution in [0.5, 0.6) is 0 Å². The van der Waals surface area contributed by atoms with Crippen molar-refractivity contribution in [1.29, 1.82) is 0 Å². The topological polar surface area (TPSA) is 97.4 Å². The van der Waals surface area contributed by atoms with Crippen molar-refractivity contribution in [2.24, 2.45) is 0 Å². The lowest BCUT2D eigenvalue weighted by molar-refractivity contribution is -0.296. The number of rotatable bonds is 6. The summed E-state index contributed by atoms with van der Waals surface area (Å²) in [5.41, 5.74) is 0. The number of hydrogen-bond acceptors (Lipinski definition) is 9. The molecule has 1 aliphatic rings. The first-order valence-corrected chi connectivity index (χ1v) is 7.61. The predicted octanol–water partition coefficient (Wildman–Crippen LogP) is 0.933. The van der Waals surface area contributed by atoms with Crippen LogP contribution in [-0.4, -0.2) is 60.6 Å². The molecule has 1 fully saturated rings. The lowest BCUT2D eigenvalue weighted by atomic mass is 9.95. The largest absolute Gasteiger partial charge is 0.456 e. The number of carbonyl (C=O) groups is 3. The van der Waals surface area contributed by atoms with Gasteiger partial charge in [0.15, 0.2) is 24.6 Å². The Balaban J connectivity index is 3.23. The summed E-state index contributed by atoms with van der Waals surface area (Å²) in [6.07, 6.45) is -5.09. The summed E-state index contributed by atoms with van der Waals surface area (Å²) in [6, 6.07) is 0. The average Bonchev–Trinajstić information content (AvgIpc) is 2.51. The third-order valence-electron chi connectivity index (χ3n) is 3.16. The molecule has 5 atom stereocenters. The van der Waals surface area contributed by atoms with Gasteiger partial charge in [0.2, 0.25) is 0 Å². The van der Waals surface area contributed by atoms with E-state index in [4.69, 9.17) is 37.3 Å². The zero-order valence-corrected chi connectivity index (χ0v) is 14.8. The van der Waals surface area contributed by atoms with Gasteiger partial charge in [-0.1, -0.05) is 12.2 Å². The molecule has 0 amide bonds. The van der Waals surface area contributed by atoms with Crippen LogP contribution in [0.4, 0.5) is 0 Å². The molecule has 0 radical (unpaired) electrons. The van der Waals surface area contributed by atoms with E-state index in [0.717, 1.165) is 0 Å². The summed E-state index contributed by atoms with van der Waals surface area (Å²) in [5, 5.41) is 0. The molecule has 1 unspecified atom stereocenters. The molecule has 1 heterocycles. The van der Waals surface area contributed by atoms with Crippen LogP contribution in [-0.2, 0) is 38.1 Å². The number of ether oxygens (including phenoxy) is 5. The molecular formula is C15H22O8S. The molecule has 1 aliphatic heterocycles. The van der Waals surface area contributed by atoms with Crippen LogP contribution < -0.4 is 0 Å². The Morgan fingerprint density at radius 3 is 1.96 bits per heavy atom. The fraction of sp³-hybridized carbons (Fsp3) is 0.733. The first-order valence-electron chi connectivity index (χ1n) is 7.91. The molecule has 136 valence electrons. The van der Waals surface area contributed by atoms with Crippen LogP contribution in [0.3, 0.4) is 0 Å². The zero-order valence-electron chi connectivity index (χ0n) is 15.0. The van der Waals surface area contributed by atoms with E-state index < -0.39 is 48.6 Å². The standard InChI is InChI=1S/C15H22O8S/c1-7(24)6-11-12(20-8(2)16)13(21-9(3)17)14(22-10(4)18)15(19-5)23-11/h11-15H,6H2,1-5H3/t11-,12+,13+,14-,15?/m1/s1/i1D. The molecule has 0 aliphatic carbocycles. The van der Waals surface area contributed by atoms with Crippen LogP contribution in [0, 0.1) is 0 Å². The monoisotopic (exact) mass is 363 g/mol. The number of esters is 3. The highest BCUT2D eigenvalue weighted by molar-refractivity contribution is 7.80. The highest BCUT2D eigenvalue weighted by atomic mass is 32.1. The minimum Gasteiger partial charge on any atom is -0.456 e. The Kier molecular flexibility index (Phi) is 7.07. The summed E-state index contributed by atoms with van der Waals surface area (Å²) in [7, 11) is 1.33. The summed E-state index contributed by atoms with van der Waals surface area (Å²) >= 11 is 5.06. The molecule has 0 bridgehead atoms. The first-order chi connectivity index (χ1) is 11.7. The average molecular weight is 363 g/mol. The lowest BCUT2D eigenvalue weighted by Gasteiger charge is -2.44. The van der Waals surface area contributed by atoms with Gasteiger partial charge in [-0.2, -0.15) is 0 Å². The highest BCUT2D eigenvalue weighted by Gasteiger charge is 2.51. The Labute approximate surface area is 147 Å². The van der Waals surface area contributed by atoms with E-state index in [1.165, 1.54) is 27.9 Å². The Hall–Kier alpha value is -1.58. The predicted molar refractivity (Wildman–Crippen MR) is 85.2 cm³/mol. The van der Waals surface area contributed by atoms with Crippen molar-refractivity contribution in [1.82, 2.24) is 0 Å². The third-order valence-corrected chi connectivity index (χ3v) is 3.33. The van der Waals surface area contributed by atoms with Crippen LogP contribution >= 0.6 is 12.2 Å².